The molecular formula is C28H30N4O4. The minimum Gasteiger partial charge on any atom is -0.502 e. The van der Waals surface area contributed by atoms with E-state index in [2.05, 4.69) is 44.2 Å². The topological polar surface area (TPSA) is 108 Å². The molecule has 3 aromatic rings. The van der Waals surface area contributed by atoms with Gasteiger partial charge in [0.2, 0.25) is 11.7 Å². The van der Waals surface area contributed by atoms with Crippen molar-refractivity contribution in [2.75, 3.05) is 32.8 Å². The molecule has 1 atom stereocenters. The summed E-state index contributed by atoms with van der Waals surface area (Å²) >= 11 is 0. The molecule has 1 saturated heterocycles. The Hall–Kier alpha value is -3.93. The molecule has 8 nitrogen and oxygen atoms in total. The van der Waals surface area contributed by atoms with Crippen LogP contribution in [0.1, 0.15) is 40.8 Å². The molecule has 2 aromatic carbocycles. The SMILES string of the molecule is CC(=O)NC[C@@H](Cc1ccc(C#Cc2ccc(CN3CCOCC3)cc2)cc1)c1nc[nH]c(=O)c1O. The maximum Gasteiger partial charge on any atom is 0.293 e. The lowest BCUT2D eigenvalue weighted by Gasteiger charge is -2.26. The lowest BCUT2D eigenvalue weighted by molar-refractivity contribution is -0.119. The fourth-order valence-corrected chi connectivity index (χ4v) is 4.10. The number of benzene rings is 2. The number of hydrogen-bond acceptors (Lipinski definition) is 6. The third kappa shape index (κ3) is 7.04. The van der Waals surface area contributed by atoms with Crippen molar-refractivity contribution in [1.29, 1.82) is 0 Å². The van der Waals surface area contributed by atoms with E-state index in [1.807, 2.05) is 36.4 Å². The number of aromatic nitrogens is 2. The molecule has 4 rings (SSSR count). The second kappa shape index (κ2) is 12.2. The van der Waals surface area contributed by atoms with Gasteiger partial charge in [-0.25, -0.2) is 4.98 Å². The molecule has 0 aliphatic carbocycles. The molecule has 36 heavy (non-hydrogen) atoms. The lowest BCUT2D eigenvalue weighted by atomic mass is 9.94. The quantitative estimate of drug-likeness (QED) is 0.442. The highest BCUT2D eigenvalue weighted by Gasteiger charge is 2.20. The summed E-state index contributed by atoms with van der Waals surface area (Å²) in [7, 11) is 0. The Labute approximate surface area is 210 Å². The molecule has 1 aromatic heterocycles. The minimum atomic E-state index is -0.604. The zero-order valence-electron chi connectivity index (χ0n) is 20.3. The van der Waals surface area contributed by atoms with E-state index in [9.17, 15) is 14.7 Å². The van der Waals surface area contributed by atoms with Gasteiger partial charge in [-0.3, -0.25) is 14.5 Å². The van der Waals surface area contributed by atoms with Gasteiger partial charge in [-0.2, -0.15) is 0 Å². The molecule has 1 aliphatic rings. The van der Waals surface area contributed by atoms with E-state index in [1.54, 1.807) is 0 Å². The second-order valence-corrected chi connectivity index (χ2v) is 8.84. The van der Waals surface area contributed by atoms with Crippen LogP contribution in [0.5, 0.6) is 5.75 Å². The average molecular weight is 487 g/mol. The number of nitrogens with zero attached hydrogens (tertiary/aromatic N) is 2. The summed E-state index contributed by atoms with van der Waals surface area (Å²) in [4.78, 5) is 32.2. The number of aromatic hydroxyl groups is 1. The van der Waals surface area contributed by atoms with Gasteiger partial charge in [0.25, 0.3) is 5.56 Å². The highest BCUT2D eigenvalue weighted by atomic mass is 16.5. The van der Waals surface area contributed by atoms with Crippen LogP contribution in [-0.4, -0.2) is 58.7 Å². The van der Waals surface area contributed by atoms with Crippen LogP contribution in [-0.2, 0) is 22.5 Å². The third-order valence-electron chi connectivity index (χ3n) is 6.09. The molecule has 3 N–H and O–H groups in total. The molecule has 0 unspecified atom stereocenters. The van der Waals surface area contributed by atoms with Gasteiger partial charge in [-0.1, -0.05) is 36.1 Å². The van der Waals surface area contributed by atoms with Gasteiger partial charge in [0, 0.05) is 50.1 Å². The Morgan fingerprint density at radius 1 is 1.08 bits per heavy atom. The maximum atomic E-state index is 11.8. The van der Waals surface area contributed by atoms with Gasteiger partial charge in [0.1, 0.15) is 0 Å². The van der Waals surface area contributed by atoms with Crippen LogP contribution in [0, 0.1) is 11.8 Å². The summed E-state index contributed by atoms with van der Waals surface area (Å²) in [5, 5.41) is 12.9. The summed E-state index contributed by atoms with van der Waals surface area (Å²) in [5.74, 6) is 5.44. The van der Waals surface area contributed by atoms with Crippen molar-refractivity contribution in [1.82, 2.24) is 20.2 Å². The van der Waals surface area contributed by atoms with Gasteiger partial charge in [0.05, 0.1) is 25.2 Å². The van der Waals surface area contributed by atoms with E-state index in [0.29, 0.717) is 6.42 Å². The van der Waals surface area contributed by atoms with Crippen LogP contribution >= 0.6 is 0 Å². The number of carbonyl (C=O) groups excluding carboxylic acids is 1. The Morgan fingerprint density at radius 2 is 1.69 bits per heavy atom. The van der Waals surface area contributed by atoms with Crippen LogP contribution in [0.3, 0.4) is 0 Å². The number of morpholine rings is 1. The summed E-state index contributed by atoms with van der Waals surface area (Å²) in [6.07, 6.45) is 1.74. The fraction of sp³-hybridized carbons (Fsp3) is 0.321. The summed E-state index contributed by atoms with van der Waals surface area (Å²) in [6, 6.07) is 16.1. The highest BCUT2D eigenvalue weighted by Crippen LogP contribution is 2.23. The van der Waals surface area contributed by atoms with Crippen molar-refractivity contribution < 1.29 is 14.6 Å². The van der Waals surface area contributed by atoms with Crippen LogP contribution < -0.4 is 10.9 Å². The van der Waals surface area contributed by atoms with Crippen LogP contribution in [0.15, 0.2) is 59.7 Å². The first-order valence-electron chi connectivity index (χ1n) is 12.0. The van der Waals surface area contributed by atoms with Crippen LogP contribution in [0.2, 0.25) is 0 Å². The predicted octanol–water partition coefficient (Wildman–Crippen LogP) is 2.17. The van der Waals surface area contributed by atoms with E-state index >= 15 is 0 Å². The number of ether oxygens (including phenoxy) is 1. The molecule has 2 heterocycles. The number of rotatable bonds is 7. The summed E-state index contributed by atoms with van der Waals surface area (Å²) < 4.78 is 5.40. The Morgan fingerprint density at radius 3 is 2.31 bits per heavy atom. The van der Waals surface area contributed by atoms with E-state index in [0.717, 1.165) is 49.5 Å². The zero-order chi connectivity index (χ0) is 25.3. The van der Waals surface area contributed by atoms with Crippen molar-refractivity contribution in [3.05, 3.63) is 93.2 Å². The first kappa shape index (κ1) is 25.2. The molecular weight excluding hydrogens is 456 g/mol. The smallest absolute Gasteiger partial charge is 0.293 e. The van der Waals surface area contributed by atoms with Crippen LogP contribution in [0.4, 0.5) is 0 Å². The monoisotopic (exact) mass is 486 g/mol. The molecule has 186 valence electrons. The van der Waals surface area contributed by atoms with Crippen molar-refractivity contribution in [3.8, 4) is 17.6 Å². The van der Waals surface area contributed by atoms with E-state index < -0.39 is 11.3 Å². The first-order valence-corrected chi connectivity index (χ1v) is 12.0. The average Bonchev–Trinajstić information content (AvgIpc) is 2.89. The zero-order valence-corrected chi connectivity index (χ0v) is 20.3. The molecule has 0 bridgehead atoms. The Kier molecular flexibility index (Phi) is 8.50. The van der Waals surface area contributed by atoms with Crippen LogP contribution in [0.25, 0.3) is 0 Å². The normalized spacial score (nSPS) is 14.5. The summed E-state index contributed by atoms with van der Waals surface area (Å²) in [6.45, 7) is 6.12. The van der Waals surface area contributed by atoms with Crippen molar-refractivity contribution in [3.63, 3.8) is 0 Å². The largest absolute Gasteiger partial charge is 0.502 e. The second-order valence-electron chi connectivity index (χ2n) is 8.84. The van der Waals surface area contributed by atoms with Gasteiger partial charge in [-0.15, -0.1) is 0 Å². The molecule has 1 fully saturated rings. The maximum absolute atomic E-state index is 11.8. The Balaban J connectivity index is 1.40. The fourth-order valence-electron chi connectivity index (χ4n) is 4.10. The Bertz CT molecular complexity index is 1280. The number of carbonyl (C=O) groups is 1. The number of hydrogen-bond donors (Lipinski definition) is 3. The molecule has 1 aliphatic heterocycles. The minimum absolute atomic E-state index is 0.191. The number of H-pyrrole nitrogens is 1. The lowest BCUT2D eigenvalue weighted by Crippen LogP contribution is -2.35. The molecule has 8 heteroatoms. The van der Waals surface area contributed by atoms with Crippen molar-refractivity contribution >= 4 is 5.91 Å². The van der Waals surface area contributed by atoms with Gasteiger partial charge >= 0.3 is 0 Å². The highest BCUT2D eigenvalue weighted by molar-refractivity contribution is 5.72. The van der Waals surface area contributed by atoms with Gasteiger partial charge in [-0.05, 0) is 41.8 Å². The first-order chi connectivity index (χ1) is 17.5. The standard InChI is InChI=1S/C28H30N4O4/c1-20(33)29-17-25(26-27(34)28(35)31-19-30-26)16-23-8-4-21(5-9-23)2-3-22-6-10-24(11-7-22)18-32-12-14-36-15-13-32/h4-11,19,25,34H,12-18H2,1H3,(H,29,33)(H,30,31,35)/t25-/m1/s1. The van der Waals surface area contributed by atoms with E-state index in [1.165, 1.54) is 18.8 Å². The van der Waals surface area contributed by atoms with Gasteiger partial charge in [0.15, 0.2) is 0 Å². The molecule has 1 amide bonds. The molecule has 0 spiro atoms. The number of nitrogens with one attached hydrogen (secondary N) is 2. The number of amides is 1. The molecule has 0 saturated carbocycles. The van der Waals surface area contributed by atoms with Crippen molar-refractivity contribution in [2.45, 2.75) is 25.8 Å². The summed E-state index contributed by atoms with van der Waals surface area (Å²) in [5.41, 5.74) is 3.73. The van der Waals surface area contributed by atoms with Gasteiger partial charge < -0.3 is 20.1 Å². The number of aromatic amines is 1. The third-order valence-corrected chi connectivity index (χ3v) is 6.09. The van der Waals surface area contributed by atoms with Crippen molar-refractivity contribution in [2.24, 2.45) is 0 Å². The van der Waals surface area contributed by atoms with E-state index in [-0.39, 0.29) is 24.1 Å². The predicted molar refractivity (Wildman–Crippen MR) is 137 cm³/mol. The molecule has 0 radical (unpaired) electrons. The van der Waals surface area contributed by atoms with E-state index in [4.69, 9.17) is 4.74 Å².